The van der Waals surface area contributed by atoms with E-state index < -0.39 is 0 Å². The molecular formula is C21H27N3S. The second kappa shape index (κ2) is 7.12. The quantitative estimate of drug-likeness (QED) is 0.594. The Morgan fingerprint density at radius 2 is 1.64 bits per heavy atom. The van der Waals surface area contributed by atoms with Gasteiger partial charge in [0.15, 0.2) is 0 Å². The third kappa shape index (κ3) is 3.40. The largest absolute Gasteiger partial charge is 0.381 e. The molecule has 0 spiro atoms. The molecule has 0 unspecified atom stereocenters. The highest BCUT2D eigenvalue weighted by Crippen LogP contribution is 2.38. The van der Waals surface area contributed by atoms with Gasteiger partial charge in [-0.1, -0.05) is 31.5 Å². The molecule has 0 aliphatic heterocycles. The molecule has 2 aromatic heterocycles. The van der Waals surface area contributed by atoms with Crippen molar-refractivity contribution in [1.82, 2.24) is 9.36 Å². The monoisotopic (exact) mass is 353 g/mol. The maximum atomic E-state index is 4.84. The van der Waals surface area contributed by atoms with Gasteiger partial charge in [0.2, 0.25) is 0 Å². The number of rotatable bonds is 5. The van der Waals surface area contributed by atoms with E-state index >= 15 is 0 Å². The lowest BCUT2D eigenvalue weighted by Gasteiger charge is -2.17. The van der Waals surface area contributed by atoms with Gasteiger partial charge in [-0.25, -0.2) is 4.98 Å². The van der Waals surface area contributed by atoms with E-state index in [1.54, 1.807) is 11.5 Å². The predicted molar refractivity (Wildman–Crippen MR) is 110 cm³/mol. The van der Waals surface area contributed by atoms with Crippen LogP contribution in [0.5, 0.6) is 0 Å². The lowest BCUT2D eigenvalue weighted by molar-refractivity contribution is 0.672. The van der Waals surface area contributed by atoms with Crippen molar-refractivity contribution in [2.45, 2.75) is 60.4 Å². The van der Waals surface area contributed by atoms with Crippen LogP contribution in [0.4, 0.5) is 5.69 Å². The lowest BCUT2D eigenvalue weighted by Crippen LogP contribution is -2.17. The maximum Gasteiger partial charge on any atom is 0.111 e. The van der Waals surface area contributed by atoms with E-state index in [2.05, 4.69) is 65.1 Å². The van der Waals surface area contributed by atoms with Crippen LogP contribution in [-0.2, 0) is 0 Å². The van der Waals surface area contributed by atoms with Crippen LogP contribution in [-0.4, -0.2) is 15.4 Å². The summed E-state index contributed by atoms with van der Waals surface area (Å²) in [6.45, 7) is 13.0. The zero-order valence-corrected chi connectivity index (χ0v) is 16.8. The number of anilines is 1. The minimum atomic E-state index is 0.485. The number of nitrogens with one attached hydrogen (secondary N) is 1. The summed E-state index contributed by atoms with van der Waals surface area (Å²) in [5, 5.41) is 3.70. The zero-order chi connectivity index (χ0) is 18.1. The Balaban J connectivity index is 2.19. The first-order chi connectivity index (χ1) is 11.9. The molecule has 0 aliphatic carbocycles. The third-order valence-corrected chi connectivity index (χ3v) is 5.68. The van der Waals surface area contributed by atoms with Crippen LogP contribution in [0.15, 0.2) is 18.2 Å². The van der Waals surface area contributed by atoms with Crippen molar-refractivity contribution in [2.75, 3.05) is 5.32 Å². The fourth-order valence-electron chi connectivity index (χ4n) is 3.59. The molecule has 0 fully saturated rings. The normalized spacial score (nSPS) is 11.5. The Labute approximate surface area is 154 Å². The summed E-state index contributed by atoms with van der Waals surface area (Å²) in [7, 11) is 0. The van der Waals surface area contributed by atoms with Crippen LogP contribution in [0.2, 0.25) is 0 Å². The van der Waals surface area contributed by atoms with Crippen molar-refractivity contribution >= 4 is 27.4 Å². The SMILES string of the molecule is CCC(CC)Nc1cc(C)nc2c(-c3c(C)cc(C)cc3C)nsc12. The summed E-state index contributed by atoms with van der Waals surface area (Å²) in [6.07, 6.45) is 2.22. The molecule has 132 valence electrons. The lowest BCUT2D eigenvalue weighted by atomic mass is 9.96. The van der Waals surface area contributed by atoms with Crippen LogP contribution in [0.3, 0.4) is 0 Å². The van der Waals surface area contributed by atoms with Crippen molar-refractivity contribution in [2.24, 2.45) is 0 Å². The highest BCUT2D eigenvalue weighted by molar-refractivity contribution is 7.14. The zero-order valence-electron chi connectivity index (χ0n) is 16.0. The topological polar surface area (TPSA) is 37.8 Å². The molecule has 0 saturated heterocycles. The molecule has 0 amide bonds. The summed E-state index contributed by atoms with van der Waals surface area (Å²) >= 11 is 1.55. The van der Waals surface area contributed by atoms with E-state index in [4.69, 9.17) is 9.36 Å². The fraction of sp³-hybridized carbons (Fsp3) is 0.429. The number of fused-ring (bicyclic) bond motifs is 1. The van der Waals surface area contributed by atoms with Gasteiger partial charge in [0.1, 0.15) is 11.2 Å². The van der Waals surface area contributed by atoms with Crippen LogP contribution in [0, 0.1) is 27.7 Å². The molecule has 0 bridgehead atoms. The van der Waals surface area contributed by atoms with E-state index in [9.17, 15) is 0 Å². The Hall–Kier alpha value is -1.94. The van der Waals surface area contributed by atoms with E-state index in [0.29, 0.717) is 6.04 Å². The minimum Gasteiger partial charge on any atom is -0.381 e. The van der Waals surface area contributed by atoms with Gasteiger partial charge in [0.05, 0.1) is 10.4 Å². The first kappa shape index (κ1) is 17.9. The standard InChI is InChI=1S/C21H27N3S/c1-7-16(8-2)23-17-11-15(6)22-20-19(24-25-21(17)20)18-13(4)9-12(3)10-14(18)5/h9-11,16H,7-8H2,1-6H3,(H,22,23). The number of aryl methyl sites for hydroxylation is 4. The second-order valence-corrected chi connectivity index (χ2v) is 7.72. The third-order valence-electron chi connectivity index (χ3n) is 4.81. The van der Waals surface area contributed by atoms with Gasteiger partial charge in [-0.05, 0) is 69.3 Å². The minimum absolute atomic E-state index is 0.485. The fourth-order valence-corrected chi connectivity index (χ4v) is 4.39. The molecule has 3 rings (SSSR count). The Morgan fingerprint density at radius 1 is 1.00 bits per heavy atom. The summed E-state index contributed by atoms with van der Waals surface area (Å²) in [5.41, 5.74) is 9.29. The number of nitrogens with zero attached hydrogens (tertiary/aromatic N) is 2. The molecule has 0 atom stereocenters. The van der Waals surface area contributed by atoms with Crippen molar-refractivity contribution in [1.29, 1.82) is 0 Å². The molecule has 2 heterocycles. The molecule has 25 heavy (non-hydrogen) atoms. The smallest absolute Gasteiger partial charge is 0.111 e. The van der Waals surface area contributed by atoms with Gasteiger partial charge in [-0.15, -0.1) is 0 Å². The van der Waals surface area contributed by atoms with E-state index in [-0.39, 0.29) is 0 Å². The molecular weight excluding hydrogens is 326 g/mol. The molecule has 1 aromatic carbocycles. The molecule has 0 radical (unpaired) electrons. The number of hydrogen-bond acceptors (Lipinski definition) is 4. The molecule has 1 N–H and O–H groups in total. The predicted octanol–water partition coefficient (Wildman–Crippen LogP) is 6.19. The molecule has 3 nitrogen and oxygen atoms in total. The first-order valence-corrected chi connectivity index (χ1v) is 9.83. The van der Waals surface area contributed by atoms with Gasteiger partial charge in [0.25, 0.3) is 0 Å². The number of benzene rings is 1. The Morgan fingerprint density at radius 3 is 2.24 bits per heavy atom. The summed E-state index contributed by atoms with van der Waals surface area (Å²) in [4.78, 5) is 4.84. The van der Waals surface area contributed by atoms with E-state index in [0.717, 1.165) is 34.4 Å². The average molecular weight is 354 g/mol. The number of pyridine rings is 1. The van der Waals surface area contributed by atoms with E-state index in [1.165, 1.54) is 27.9 Å². The van der Waals surface area contributed by atoms with Crippen molar-refractivity contribution in [3.8, 4) is 11.3 Å². The Kier molecular flexibility index (Phi) is 5.09. The summed E-state index contributed by atoms with van der Waals surface area (Å²) < 4.78 is 5.98. The van der Waals surface area contributed by atoms with Crippen LogP contribution in [0.1, 0.15) is 49.1 Å². The van der Waals surface area contributed by atoms with Crippen LogP contribution < -0.4 is 5.32 Å². The van der Waals surface area contributed by atoms with E-state index in [1.807, 2.05) is 0 Å². The van der Waals surface area contributed by atoms with Gasteiger partial charge in [-0.3, -0.25) is 0 Å². The molecule has 3 aromatic rings. The van der Waals surface area contributed by atoms with Crippen LogP contribution >= 0.6 is 11.5 Å². The first-order valence-electron chi connectivity index (χ1n) is 9.06. The molecule has 4 heteroatoms. The highest BCUT2D eigenvalue weighted by Gasteiger charge is 2.18. The van der Waals surface area contributed by atoms with Crippen molar-refractivity contribution < 1.29 is 0 Å². The van der Waals surface area contributed by atoms with Crippen LogP contribution in [0.25, 0.3) is 21.5 Å². The maximum absolute atomic E-state index is 4.84. The molecule has 0 aliphatic rings. The average Bonchev–Trinajstić information content (AvgIpc) is 2.95. The Bertz CT molecular complexity index is 884. The summed E-state index contributed by atoms with van der Waals surface area (Å²) in [5.74, 6) is 0. The number of hydrogen-bond donors (Lipinski definition) is 1. The van der Waals surface area contributed by atoms with Gasteiger partial charge in [-0.2, -0.15) is 4.37 Å². The van der Waals surface area contributed by atoms with Crippen molar-refractivity contribution in [3.63, 3.8) is 0 Å². The number of aromatic nitrogens is 2. The van der Waals surface area contributed by atoms with Gasteiger partial charge in [0, 0.05) is 17.3 Å². The second-order valence-electron chi connectivity index (χ2n) is 6.95. The summed E-state index contributed by atoms with van der Waals surface area (Å²) in [6, 6.07) is 7.09. The highest BCUT2D eigenvalue weighted by atomic mass is 32.1. The van der Waals surface area contributed by atoms with Gasteiger partial charge < -0.3 is 5.32 Å². The molecule has 0 saturated carbocycles. The van der Waals surface area contributed by atoms with Crippen molar-refractivity contribution in [3.05, 3.63) is 40.6 Å². The van der Waals surface area contributed by atoms with Gasteiger partial charge >= 0.3 is 0 Å².